The van der Waals surface area contributed by atoms with Gasteiger partial charge in [0.1, 0.15) is 5.15 Å². The van der Waals surface area contributed by atoms with E-state index < -0.39 is 0 Å². The summed E-state index contributed by atoms with van der Waals surface area (Å²) in [5.74, 6) is -0.289. The number of carbonyl (C=O) groups is 1. The third-order valence-corrected chi connectivity index (χ3v) is 4.16. The molecule has 106 valence electrons. The second-order valence-electron chi connectivity index (χ2n) is 4.44. The minimum atomic E-state index is -0.289. The first-order valence-electron chi connectivity index (χ1n) is 6.10. The molecular formula is C14H10BrClN4O. The molecule has 7 heteroatoms. The summed E-state index contributed by atoms with van der Waals surface area (Å²) in [6.07, 6.45) is 1.50. The number of halogens is 2. The van der Waals surface area contributed by atoms with E-state index in [9.17, 15) is 4.79 Å². The van der Waals surface area contributed by atoms with Crippen molar-refractivity contribution in [1.82, 2.24) is 14.8 Å². The summed E-state index contributed by atoms with van der Waals surface area (Å²) in [5, 5.41) is 8.19. The van der Waals surface area contributed by atoms with Crippen molar-refractivity contribution >= 4 is 50.0 Å². The van der Waals surface area contributed by atoms with Crippen molar-refractivity contribution in [2.45, 2.75) is 0 Å². The number of carbonyl (C=O) groups excluding carboxylic acids is 1. The first kappa shape index (κ1) is 14.0. The van der Waals surface area contributed by atoms with Crippen LogP contribution in [0.25, 0.3) is 10.9 Å². The average Bonchev–Trinajstić information content (AvgIpc) is 2.81. The Morgan fingerprint density at radius 3 is 2.90 bits per heavy atom. The molecule has 3 aromatic rings. The second-order valence-corrected chi connectivity index (χ2v) is 5.65. The third kappa shape index (κ3) is 2.64. The highest BCUT2D eigenvalue weighted by Gasteiger charge is 2.16. The van der Waals surface area contributed by atoms with E-state index in [2.05, 4.69) is 31.3 Å². The van der Waals surface area contributed by atoms with E-state index in [0.717, 1.165) is 10.9 Å². The van der Waals surface area contributed by atoms with Gasteiger partial charge in [-0.1, -0.05) is 29.8 Å². The van der Waals surface area contributed by atoms with E-state index in [1.54, 1.807) is 17.8 Å². The maximum absolute atomic E-state index is 12.4. The number of fused-ring (bicyclic) bond motifs is 1. The number of pyridine rings is 1. The zero-order chi connectivity index (χ0) is 15.0. The largest absolute Gasteiger partial charge is 0.319 e. The summed E-state index contributed by atoms with van der Waals surface area (Å²) in [6.45, 7) is 0. The number of nitrogens with zero attached hydrogens (tertiary/aromatic N) is 3. The highest BCUT2D eigenvalue weighted by Crippen LogP contribution is 2.24. The van der Waals surface area contributed by atoms with Gasteiger partial charge >= 0.3 is 0 Å². The molecule has 0 aliphatic rings. The van der Waals surface area contributed by atoms with E-state index in [-0.39, 0.29) is 5.91 Å². The maximum atomic E-state index is 12.4. The van der Waals surface area contributed by atoms with Crippen molar-refractivity contribution in [3.63, 3.8) is 0 Å². The third-order valence-electron chi connectivity index (χ3n) is 3.03. The summed E-state index contributed by atoms with van der Waals surface area (Å²) >= 11 is 9.10. The Balaban J connectivity index is 1.95. The smallest absolute Gasteiger partial charge is 0.276 e. The summed E-state index contributed by atoms with van der Waals surface area (Å²) in [5.41, 5.74) is 1.82. The molecule has 0 saturated heterocycles. The van der Waals surface area contributed by atoms with Crippen LogP contribution < -0.4 is 5.32 Å². The van der Waals surface area contributed by atoms with E-state index in [1.165, 1.54) is 6.20 Å². The zero-order valence-electron chi connectivity index (χ0n) is 11.0. The van der Waals surface area contributed by atoms with Crippen LogP contribution in [-0.4, -0.2) is 20.7 Å². The van der Waals surface area contributed by atoms with Crippen molar-refractivity contribution in [1.29, 1.82) is 0 Å². The van der Waals surface area contributed by atoms with Gasteiger partial charge in [0.15, 0.2) is 5.69 Å². The topological polar surface area (TPSA) is 59.8 Å². The van der Waals surface area contributed by atoms with Gasteiger partial charge in [0.2, 0.25) is 0 Å². The molecule has 3 rings (SSSR count). The van der Waals surface area contributed by atoms with Crippen LogP contribution >= 0.6 is 27.5 Å². The number of para-hydroxylation sites is 1. The van der Waals surface area contributed by atoms with Gasteiger partial charge in [0.25, 0.3) is 5.91 Å². The Labute approximate surface area is 134 Å². The minimum absolute atomic E-state index is 0.289. The Morgan fingerprint density at radius 1 is 1.38 bits per heavy atom. The molecule has 1 aromatic carbocycles. The molecule has 0 bridgehead atoms. The molecule has 1 amide bonds. The summed E-state index contributed by atoms with van der Waals surface area (Å²) in [6, 6.07) is 9.26. The fraction of sp³-hybridized carbons (Fsp3) is 0.0714. The molecule has 0 atom stereocenters. The second kappa shape index (κ2) is 5.46. The van der Waals surface area contributed by atoms with Crippen LogP contribution in [0, 0.1) is 0 Å². The van der Waals surface area contributed by atoms with Crippen LogP contribution in [0.5, 0.6) is 0 Å². The minimum Gasteiger partial charge on any atom is -0.319 e. The highest BCUT2D eigenvalue weighted by atomic mass is 79.9. The van der Waals surface area contributed by atoms with Gasteiger partial charge in [0, 0.05) is 12.4 Å². The van der Waals surface area contributed by atoms with E-state index in [4.69, 9.17) is 11.6 Å². The number of hydrogen-bond donors (Lipinski definition) is 1. The average molecular weight is 366 g/mol. The molecule has 2 heterocycles. The van der Waals surface area contributed by atoms with E-state index in [1.807, 2.05) is 24.3 Å². The molecule has 0 aliphatic carbocycles. The van der Waals surface area contributed by atoms with Crippen molar-refractivity contribution < 1.29 is 4.79 Å². The maximum Gasteiger partial charge on any atom is 0.276 e. The number of amides is 1. The summed E-state index contributed by atoms with van der Waals surface area (Å²) in [4.78, 5) is 16.3. The van der Waals surface area contributed by atoms with Gasteiger partial charge in [-0.15, -0.1) is 0 Å². The molecule has 5 nitrogen and oxygen atoms in total. The standard InChI is InChI=1S/C14H10BrClN4O/c1-20-11-5-3-2-4-9(11)12(19-20)14(21)18-8-6-10(15)13(16)17-7-8/h2-7H,1H3,(H,18,21). The lowest BCUT2D eigenvalue weighted by atomic mass is 10.2. The van der Waals surface area contributed by atoms with Crippen molar-refractivity contribution in [3.05, 3.63) is 51.8 Å². The van der Waals surface area contributed by atoms with Gasteiger partial charge in [-0.25, -0.2) is 4.98 Å². The molecule has 0 saturated carbocycles. The number of rotatable bonds is 2. The lowest BCUT2D eigenvalue weighted by molar-refractivity contribution is 0.102. The first-order chi connectivity index (χ1) is 10.1. The monoisotopic (exact) mass is 364 g/mol. The number of nitrogens with one attached hydrogen (secondary N) is 1. The van der Waals surface area contributed by atoms with Crippen LogP contribution in [0.3, 0.4) is 0 Å². The number of aryl methyl sites for hydroxylation is 1. The molecule has 0 aliphatic heterocycles. The van der Waals surface area contributed by atoms with Gasteiger partial charge in [0.05, 0.1) is 21.9 Å². The fourth-order valence-corrected chi connectivity index (χ4v) is 2.51. The van der Waals surface area contributed by atoms with Crippen LogP contribution in [-0.2, 0) is 7.05 Å². The SMILES string of the molecule is Cn1nc(C(=O)Nc2cnc(Cl)c(Br)c2)c2ccccc21. The van der Waals surface area contributed by atoms with Gasteiger partial charge in [-0.3, -0.25) is 9.48 Å². The predicted molar refractivity (Wildman–Crippen MR) is 85.6 cm³/mol. The predicted octanol–water partition coefficient (Wildman–Crippen LogP) is 3.64. The number of anilines is 1. The lowest BCUT2D eigenvalue weighted by Crippen LogP contribution is -2.13. The first-order valence-corrected chi connectivity index (χ1v) is 7.27. The van der Waals surface area contributed by atoms with E-state index in [0.29, 0.717) is 21.0 Å². The Bertz CT molecular complexity index is 846. The summed E-state index contributed by atoms with van der Waals surface area (Å²) < 4.78 is 2.30. The summed E-state index contributed by atoms with van der Waals surface area (Å²) in [7, 11) is 1.81. The van der Waals surface area contributed by atoms with Gasteiger partial charge in [-0.05, 0) is 28.1 Å². The highest BCUT2D eigenvalue weighted by molar-refractivity contribution is 9.10. The van der Waals surface area contributed by atoms with Gasteiger partial charge in [-0.2, -0.15) is 5.10 Å². The molecule has 1 N–H and O–H groups in total. The van der Waals surface area contributed by atoms with Crippen molar-refractivity contribution in [2.75, 3.05) is 5.32 Å². The lowest BCUT2D eigenvalue weighted by Gasteiger charge is -2.04. The van der Waals surface area contributed by atoms with Gasteiger partial charge < -0.3 is 5.32 Å². The molecular weight excluding hydrogens is 356 g/mol. The van der Waals surface area contributed by atoms with Crippen molar-refractivity contribution in [3.8, 4) is 0 Å². The number of aromatic nitrogens is 3. The van der Waals surface area contributed by atoms with Crippen LogP contribution in [0.4, 0.5) is 5.69 Å². The Kier molecular flexibility index (Phi) is 3.65. The molecule has 21 heavy (non-hydrogen) atoms. The van der Waals surface area contributed by atoms with Crippen LogP contribution in [0.2, 0.25) is 5.15 Å². The number of hydrogen-bond acceptors (Lipinski definition) is 3. The molecule has 0 radical (unpaired) electrons. The molecule has 0 spiro atoms. The molecule has 2 aromatic heterocycles. The van der Waals surface area contributed by atoms with Crippen LogP contribution in [0.1, 0.15) is 10.5 Å². The number of benzene rings is 1. The zero-order valence-corrected chi connectivity index (χ0v) is 13.3. The molecule has 0 fully saturated rings. The Hall–Kier alpha value is -1.92. The van der Waals surface area contributed by atoms with Crippen molar-refractivity contribution in [2.24, 2.45) is 7.05 Å². The Morgan fingerprint density at radius 2 is 2.14 bits per heavy atom. The normalized spacial score (nSPS) is 10.8. The quantitative estimate of drug-likeness (QED) is 0.705. The fourth-order valence-electron chi connectivity index (χ4n) is 2.06. The molecule has 0 unspecified atom stereocenters. The van der Waals surface area contributed by atoms with E-state index >= 15 is 0 Å². The van der Waals surface area contributed by atoms with Crippen LogP contribution in [0.15, 0.2) is 41.0 Å².